The van der Waals surface area contributed by atoms with Crippen LogP contribution in [-0.4, -0.2) is 40.6 Å². The van der Waals surface area contributed by atoms with Crippen molar-refractivity contribution in [2.45, 2.75) is 39.2 Å². The van der Waals surface area contributed by atoms with Crippen LogP contribution in [0.2, 0.25) is 0 Å². The zero-order chi connectivity index (χ0) is 24.1. The molecule has 9 nitrogen and oxygen atoms in total. The molecule has 4 rings (SSSR count). The number of hydrogen-bond acceptors (Lipinski definition) is 7. The minimum atomic E-state index is -0.715. The van der Waals surface area contributed by atoms with Crippen LogP contribution in [0.3, 0.4) is 0 Å². The molecule has 34 heavy (non-hydrogen) atoms. The van der Waals surface area contributed by atoms with Crippen LogP contribution in [-0.2, 0) is 27.2 Å². The molecule has 0 radical (unpaired) electrons. The summed E-state index contributed by atoms with van der Waals surface area (Å²) in [5.41, 5.74) is 0.979. The van der Waals surface area contributed by atoms with E-state index < -0.39 is 24.5 Å². The van der Waals surface area contributed by atoms with Crippen molar-refractivity contribution in [2.24, 2.45) is 0 Å². The molecule has 1 N–H and O–H groups in total. The molecule has 0 saturated heterocycles. The molecule has 0 unspecified atom stereocenters. The summed E-state index contributed by atoms with van der Waals surface area (Å²) in [6.45, 7) is 1.99. The van der Waals surface area contributed by atoms with E-state index in [1.807, 2.05) is 0 Å². The number of nitrogens with zero attached hydrogens (tertiary/aromatic N) is 2. The van der Waals surface area contributed by atoms with Crippen LogP contribution in [0, 0.1) is 0 Å². The first-order valence-electron chi connectivity index (χ1n) is 11.2. The molecular formula is C25H25N3O6. The lowest BCUT2D eigenvalue weighted by molar-refractivity contribution is -0.119. The highest BCUT2D eigenvalue weighted by molar-refractivity contribution is 6.02. The Morgan fingerprint density at radius 1 is 1.03 bits per heavy atom. The summed E-state index contributed by atoms with van der Waals surface area (Å²) in [6.07, 6.45) is 3.67. The lowest BCUT2D eigenvalue weighted by atomic mass is 10.1. The second-order valence-electron chi connectivity index (χ2n) is 7.92. The summed E-state index contributed by atoms with van der Waals surface area (Å²) in [6, 6.07) is 11.0. The Hall–Kier alpha value is -4.01. The predicted octanol–water partition coefficient (Wildman–Crippen LogP) is 3.10. The van der Waals surface area contributed by atoms with Crippen LogP contribution in [0.4, 0.5) is 5.69 Å². The van der Waals surface area contributed by atoms with E-state index in [1.54, 1.807) is 35.8 Å². The highest BCUT2D eigenvalue weighted by Gasteiger charge is 2.18. The third-order valence-electron chi connectivity index (χ3n) is 5.58. The predicted molar refractivity (Wildman–Crippen MR) is 125 cm³/mol. The van der Waals surface area contributed by atoms with Gasteiger partial charge in [-0.3, -0.25) is 14.2 Å². The lowest BCUT2D eigenvalue weighted by Gasteiger charge is -2.11. The third kappa shape index (κ3) is 4.98. The normalized spacial score (nSPS) is 13.0. The maximum absolute atomic E-state index is 12.8. The van der Waals surface area contributed by atoms with Crippen LogP contribution < -0.4 is 10.9 Å². The van der Waals surface area contributed by atoms with Gasteiger partial charge in [0.15, 0.2) is 6.61 Å². The van der Waals surface area contributed by atoms with E-state index >= 15 is 0 Å². The van der Waals surface area contributed by atoms with Gasteiger partial charge in [-0.25, -0.2) is 14.6 Å². The Bertz CT molecular complexity index is 1310. The fraction of sp³-hybridized carbons (Fsp3) is 0.320. The Morgan fingerprint density at radius 3 is 2.68 bits per heavy atom. The van der Waals surface area contributed by atoms with Gasteiger partial charge in [-0.1, -0.05) is 18.6 Å². The average molecular weight is 463 g/mol. The summed E-state index contributed by atoms with van der Waals surface area (Å²) in [7, 11) is 0. The van der Waals surface area contributed by atoms with E-state index in [0.29, 0.717) is 23.9 Å². The van der Waals surface area contributed by atoms with Gasteiger partial charge >= 0.3 is 11.9 Å². The van der Waals surface area contributed by atoms with Crippen LogP contribution in [0.15, 0.2) is 47.3 Å². The highest BCUT2D eigenvalue weighted by Crippen LogP contribution is 2.18. The van der Waals surface area contributed by atoms with Gasteiger partial charge in [0.2, 0.25) is 0 Å². The number of carbonyl (C=O) groups is 3. The van der Waals surface area contributed by atoms with Gasteiger partial charge in [0.1, 0.15) is 5.82 Å². The van der Waals surface area contributed by atoms with Crippen molar-refractivity contribution in [1.29, 1.82) is 0 Å². The highest BCUT2D eigenvalue weighted by atomic mass is 16.5. The van der Waals surface area contributed by atoms with Gasteiger partial charge in [-0.05, 0) is 50.1 Å². The zero-order valence-electron chi connectivity index (χ0n) is 18.8. The molecule has 1 aliphatic heterocycles. The number of aryl methyl sites for hydroxylation is 1. The molecule has 9 heteroatoms. The molecule has 3 aromatic rings. The molecule has 2 aromatic carbocycles. The first kappa shape index (κ1) is 23.2. The molecular weight excluding hydrogens is 438 g/mol. The Morgan fingerprint density at radius 2 is 1.85 bits per heavy atom. The minimum absolute atomic E-state index is 0.110. The van der Waals surface area contributed by atoms with Crippen molar-refractivity contribution >= 4 is 34.4 Å². The van der Waals surface area contributed by atoms with Crippen molar-refractivity contribution < 1.29 is 23.9 Å². The molecule has 2 heterocycles. The summed E-state index contributed by atoms with van der Waals surface area (Å²) in [4.78, 5) is 54.4. The quantitative estimate of drug-likeness (QED) is 0.558. The number of esters is 2. The second-order valence-corrected chi connectivity index (χ2v) is 7.92. The standard InChI is InChI=1S/C25H25N3O6/c1-2-33-25(32)18-8-5-6-9-19(18)27-22(29)15-34-24(31)16-11-12-17-20(14-16)26-21-10-4-3-7-13-28(21)23(17)30/h5-6,8-9,11-12,14H,2-4,7,10,13,15H2,1H3,(H,27,29). The Balaban J connectivity index is 1.45. The van der Waals surface area contributed by atoms with Crippen molar-refractivity contribution in [2.75, 3.05) is 18.5 Å². The number of anilines is 1. The number of ether oxygens (including phenoxy) is 2. The van der Waals surface area contributed by atoms with E-state index in [-0.39, 0.29) is 29.0 Å². The van der Waals surface area contributed by atoms with Crippen LogP contribution >= 0.6 is 0 Å². The van der Waals surface area contributed by atoms with Gasteiger partial charge in [-0.15, -0.1) is 0 Å². The fourth-order valence-electron chi connectivity index (χ4n) is 3.92. The van der Waals surface area contributed by atoms with Crippen LogP contribution in [0.1, 0.15) is 52.7 Å². The summed E-state index contributed by atoms with van der Waals surface area (Å²) in [5.74, 6) is -1.16. The molecule has 0 aliphatic carbocycles. The number of benzene rings is 2. The summed E-state index contributed by atoms with van der Waals surface area (Å²) >= 11 is 0. The van der Waals surface area contributed by atoms with Gasteiger partial charge < -0.3 is 14.8 Å². The van der Waals surface area contributed by atoms with Crippen molar-refractivity contribution in [3.05, 3.63) is 69.8 Å². The van der Waals surface area contributed by atoms with Crippen molar-refractivity contribution in [3.8, 4) is 0 Å². The molecule has 0 spiro atoms. The fourth-order valence-corrected chi connectivity index (χ4v) is 3.92. The van der Waals surface area contributed by atoms with Crippen molar-refractivity contribution in [3.63, 3.8) is 0 Å². The minimum Gasteiger partial charge on any atom is -0.462 e. The van der Waals surface area contributed by atoms with Gasteiger partial charge in [0.25, 0.3) is 11.5 Å². The first-order valence-corrected chi connectivity index (χ1v) is 11.2. The maximum Gasteiger partial charge on any atom is 0.340 e. The summed E-state index contributed by atoms with van der Waals surface area (Å²) < 4.78 is 11.8. The molecule has 0 saturated carbocycles. The van der Waals surface area contributed by atoms with Crippen LogP contribution in [0.25, 0.3) is 10.9 Å². The number of carbonyl (C=O) groups excluding carboxylic acids is 3. The van der Waals surface area contributed by atoms with Crippen LogP contribution in [0.5, 0.6) is 0 Å². The molecule has 0 fully saturated rings. The van der Waals surface area contributed by atoms with E-state index in [2.05, 4.69) is 10.3 Å². The zero-order valence-corrected chi connectivity index (χ0v) is 18.8. The average Bonchev–Trinajstić information content (AvgIpc) is 3.08. The van der Waals surface area contributed by atoms with E-state index in [4.69, 9.17) is 9.47 Å². The SMILES string of the molecule is CCOC(=O)c1ccccc1NC(=O)COC(=O)c1ccc2c(=O)n3c(nc2c1)CCCCC3. The topological polar surface area (TPSA) is 117 Å². The largest absolute Gasteiger partial charge is 0.462 e. The molecule has 0 bridgehead atoms. The Labute approximate surface area is 195 Å². The third-order valence-corrected chi connectivity index (χ3v) is 5.58. The number of aromatic nitrogens is 2. The van der Waals surface area contributed by atoms with E-state index in [9.17, 15) is 19.2 Å². The number of nitrogens with one attached hydrogen (secondary N) is 1. The van der Waals surface area contributed by atoms with Gasteiger partial charge in [-0.2, -0.15) is 0 Å². The van der Waals surface area contributed by atoms with Crippen molar-refractivity contribution in [1.82, 2.24) is 9.55 Å². The molecule has 0 atom stereocenters. The maximum atomic E-state index is 12.8. The first-order chi connectivity index (χ1) is 16.5. The molecule has 1 aliphatic rings. The number of rotatable bonds is 6. The molecule has 176 valence electrons. The number of amides is 1. The van der Waals surface area contributed by atoms with E-state index in [1.165, 1.54) is 18.2 Å². The lowest BCUT2D eigenvalue weighted by Crippen LogP contribution is -2.25. The molecule has 1 aromatic heterocycles. The summed E-state index contributed by atoms with van der Waals surface area (Å²) in [5, 5.41) is 3.00. The monoisotopic (exact) mass is 463 g/mol. The second kappa shape index (κ2) is 10.3. The number of para-hydroxylation sites is 1. The smallest absolute Gasteiger partial charge is 0.340 e. The van der Waals surface area contributed by atoms with E-state index in [0.717, 1.165) is 25.1 Å². The Kier molecular flexibility index (Phi) is 7.01. The number of fused-ring (bicyclic) bond motifs is 2. The van der Waals surface area contributed by atoms with Gasteiger partial charge in [0, 0.05) is 13.0 Å². The number of hydrogen-bond donors (Lipinski definition) is 1. The molecule has 1 amide bonds. The van der Waals surface area contributed by atoms with Gasteiger partial charge in [0.05, 0.1) is 34.3 Å².